The van der Waals surface area contributed by atoms with Crippen LogP contribution in [0, 0.1) is 0 Å². The molecule has 90 valence electrons. The number of rotatable bonds is 4. The van der Waals surface area contributed by atoms with Crippen LogP contribution in [0.4, 0.5) is 5.82 Å². The lowest BCUT2D eigenvalue weighted by Gasteiger charge is -1.98. The van der Waals surface area contributed by atoms with E-state index >= 15 is 0 Å². The van der Waals surface area contributed by atoms with Crippen molar-refractivity contribution in [1.82, 2.24) is 9.78 Å². The summed E-state index contributed by atoms with van der Waals surface area (Å²) in [7, 11) is 0. The first-order valence-corrected chi connectivity index (χ1v) is 6.05. The highest BCUT2D eigenvalue weighted by Gasteiger charge is 2.10. The smallest absolute Gasteiger partial charge is 0.348 e. The Bertz CT molecular complexity index is 518. The lowest BCUT2D eigenvalue weighted by Crippen LogP contribution is -2.01. The third kappa shape index (κ3) is 2.85. The second-order valence-corrected chi connectivity index (χ2v) is 4.59. The molecule has 2 rings (SSSR count). The molecule has 0 radical (unpaired) electrons. The summed E-state index contributed by atoms with van der Waals surface area (Å²) < 4.78 is 6.66. The fraction of sp³-hybridized carbons (Fsp3) is 0.273. The molecule has 2 heterocycles. The molecule has 17 heavy (non-hydrogen) atoms. The predicted molar refractivity (Wildman–Crippen MR) is 66.0 cm³/mol. The Morgan fingerprint density at radius 2 is 2.35 bits per heavy atom. The van der Waals surface area contributed by atoms with Crippen LogP contribution in [-0.2, 0) is 11.3 Å². The van der Waals surface area contributed by atoms with E-state index in [9.17, 15) is 4.79 Å². The minimum Gasteiger partial charge on any atom is -0.462 e. The zero-order valence-corrected chi connectivity index (χ0v) is 10.2. The van der Waals surface area contributed by atoms with E-state index in [0.717, 1.165) is 4.88 Å². The second kappa shape index (κ2) is 5.01. The fourth-order valence-corrected chi connectivity index (χ4v) is 2.29. The number of carbonyl (C=O) groups is 1. The molecule has 2 aromatic rings. The van der Waals surface area contributed by atoms with E-state index in [4.69, 9.17) is 10.5 Å². The monoisotopic (exact) mass is 251 g/mol. The summed E-state index contributed by atoms with van der Waals surface area (Å²) in [6, 6.07) is 5.40. The summed E-state index contributed by atoms with van der Waals surface area (Å²) in [5.74, 6) is 0.218. The van der Waals surface area contributed by atoms with Crippen molar-refractivity contribution in [2.24, 2.45) is 0 Å². The Morgan fingerprint density at radius 1 is 1.53 bits per heavy atom. The Labute approximate surface area is 103 Å². The number of anilines is 1. The molecule has 0 fully saturated rings. The average Bonchev–Trinajstić information content (AvgIpc) is 2.89. The molecule has 2 aromatic heterocycles. The molecular formula is C11H13N3O2S. The molecule has 0 amide bonds. The second-order valence-electron chi connectivity index (χ2n) is 3.42. The van der Waals surface area contributed by atoms with Crippen LogP contribution >= 0.6 is 11.3 Å². The van der Waals surface area contributed by atoms with Gasteiger partial charge in [0.1, 0.15) is 10.7 Å². The first-order valence-electron chi connectivity index (χ1n) is 5.24. The Morgan fingerprint density at radius 3 is 3.00 bits per heavy atom. The van der Waals surface area contributed by atoms with E-state index in [1.165, 1.54) is 11.3 Å². The van der Waals surface area contributed by atoms with Crippen molar-refractivity contribution in [2.75, 3.05) is 12.3 Å². The third-order valence-corrected chi connectivity index (χ3v) is 3.17. The van der Waals surface area contributed by atoms with E-state index in [-0.39, 0.29) is 5.97 Å². The Hall–Kier alpha value is -1.82. The first kappa shape index (κ1) is 11.7. The maximum absolute atomic E-state index is 11.5. The lowest BCUT2D eigenvalue weighted by molar-refractivity contribution is 0.0532. The molecule has 0 aliphatic carbocycles. The minimum absolute atomic E-state index is 0.274. The number of carbonyl (C=O) groups excluding carboxylic acids is 1. The van der Waals surface area contributed by atoms with Gasteiger partial charge in [0.2, 0.25) is 0 Å². The van der Waals surface area contributed by atoms with E-state index in [1.807, 2.05) is 6.07 Å². The molecule has 0 spiro atoms. The van der Waals surface area contributed by atoms with Crippen molar-refractivity contribution in [3.05, 3.63) is 34.2 Å². The van der Waals surface area contributed by atoms with Crippen molar-refractivity contribution < 1.29 is 9.53 Å². The van der Waals surface area contributed by atoms with Gasteiger partial charge in [-0.05, 0) is 25.1 Å². The lowest BCUT2D eigenvalue weighted by atomic mass is 10.4. The van der Waals surface area contributed by atoms with Crippen molar-refractivity contribution in [1.29, 1.82) is 0 Å². The molecule has 0 unspecified atom stereocenters. The van der Waals surface area contributed by atoms with E-state index in [2.05, 4.69) is 5.10 Å². The summed E-state index contributed by atoms with van der Waals surface area (Å²) in [4.78, 5) is 13.1. The van der Waals surface area contributed by atoms with Gasteiger partial charge in [-0.2, -0.15) is 5.10 Å². The molecule has 2 N–H and O–H groups in total. The van der Waals surface area contributed by atoms with Gasteiger partial charge in [-0.15, -0.1) is 11.3 Å². The fourth-order valence-electron chi connectivity index (χ4n) is 1.40. The van der Waals surface area contributed by atoms with Crippen molar-refractivity contribution in [3.8, 4) is 0 Å². The van der Waals surface area contributed by atoms with Gasteiger partial charge >= 0.3 is 5.97 Å². The normalized spacial score (nSPS) is 10.4. The number of nitrogens with zero attached hydrogens (tertiary/aromatic N) is 2. The standard InChI is InChI=1S/C11H13N3O2S/c1-2-16-11(15)9-4-3-8(17-9)7-14-6-5-10(12)13-14/h3-6H,2,7H2,1H3,(H2,12,13). The van der Waals surface area contributed by atoms with Gasteiger partial charge in [0.25, 0.3) is 0 Å². The van der Waals surface area contributed by atoms with Crippen LogP contribution in [0.2, 0.25) is 0 Å². The number of aromatic nitrogens is 2. The third-order valence-electron chi connectivity index (χ3n) is 2.12. The van der Waals surface area contributed by atoms with E-state index in [1.54, 1.807) is 29.9 Å². The van der Waals surface area contributed by atoms with E-state index < -0.39 is 0 Å². The van der Waals surface area contributed by atoms with Gasteiger partial charge < -0.3 is 10.5 Å². The van der Waals surface area contributed by atoms with Crippen LogP contribution in [-0.4, -0.2) is 22.4 Å². The van der Waals surface area contributed by atoms with Gasteiger partial charge in [-0.1, -0.05) is 0 Å². The number of thiophene rings is 1. The Kier molecular flexibility index (Phi) is 3.43. The van der Waals surface area contributed by atoms with Gasteiger partial charge in [0, 0.05) is 11.1 Å². The van der Waals surface area contributed by atoms with Gasteiger partial charge in [-0.25, -0.2) is 4.79 Å². The molecule has 6 heteroatoms. The van der Waals surface area contributed by atoms with Gasteiger partial charge in [-0.3, -0.25) is 4.68 Å². The quantitative estimate of drug-likeness (QED) is 0.840. The maximum Gasteiger partial charge on any atom is 0.348 e. The predicted octanol–water partition coefficient (Wildman–Crippen LogP) is 1.75. The number of hydrogen-bond donors (Lipinski definition) is 1. The maximum atomic E-state index is 11.5. The molecule has 0 aliphatic heterocycles. The molecule has 0 saturated heterocycles. The minimum atomic E-state index is -0.274. The molecular weight excluding hydrogens is 238 g/mol. The summed E-state index contributed by atoms with van der Waals surface area (Å²) in [6.07, 6.45) is 1.80. The van der Waals surface area contributed by atoms with Crippen LogP contribution in [0.5, 0.6) is 0 Å². The molecule has 0 atom stereocenters. The van der Waals surface area contributed by atoms with Crippen LogP contribution in [0.25, 0.3) is 0 Å². The van der Waals surface area contributed by atoms with Crippen molar-refractivity contribution >= 4 is 23.1 Å². The van der Waals surface area contributed by atoms with Crippen LogP contribution in [0.3, 0.4) is 0 Å². The van der Waals surface area contributed by atoms with Crippen molar-refractivity contribution in [3.63, 3.8) is 0 Å². The van der Waals surface area contributed by atoms with Crippen LogP contribution < -0.4 is 5.73 Å². The molecule has 0 aliphatic rings. The SMILES string of the molecule is CCOC(=O)c1ccc(Cn2ccc(N)n2)s1. The molecule has 0 saturated carbocycles. The largest absolute Gasteiger partial charge is 0.462 e. The number of nitrogens with two attached hydrogens (primary N) is 1. The molecule has 5 nitrogen and oxygen atoms in total. The number of ether oxygens (including phenoxy) is 1. The van der Waals surface area contributed by atoms with Gasteiger partial charge in [0.05, 0.1) is 13.2 Å². The highest BCUT2D eigenvalue weighted by molar-refractivity contribution is 7.13. The molecule has 0 bridgehead atoms. The number of esters is 1. The van der Waals surface area contributed by atoms with E-state index in [0.29, 0.717) is 23.8 Å². The average molecular weight is 251 g/mol. The number of hydrogen-bond acceptors (Lipinski definition) is 5. The molecule has 0 aromatic carbocycles. The zero-order chi connectivity index (χ0) is 12.3. The zero-order valence-electron chi connectivity index (χ0n) is 9.42. The summed E-state index contributed by atoms with van der Waals surface area (Å²) in [5.41, 5.74) is 5.52. The topological polar surface area (TPSA) is 70.1 Å². The number of nitrogen functional groups attached to an aromatic ring is 1. The Balaban J connectivity index is 2.06. The highest BCUT2D eigenvalue weighted by atomic mass is 32.1. The first-order chi connectivity index (χ1) is 8.19. The summed E-state index contributed by atoms with van der Waals surface area (Å²) in [5, 5.41) is 4.08. The van der Waals surface area contributed by atoms with Gasteiger partial charge in [0.15, 0.2) is 0 Å². The van der Waals surface area contributed by atoms with Crippen LogP contribution in [0.15, 0.2) is 24.4 Å². The summed E-state index contributed by atoms with van der Waals surface area (Å²) >= 11 is 1.41. The summed E-state index contributed by atoms with van der Waals surface area (Å²) in [6.45, 7) is 2.79. The van der Waals surface area contributed by atoms with Crippen LogP contribution in [0.1, 0.15) is 21.5 Å². The highest BCUT2D eigenvalue weighted by Crippen LogP contribution is 2.18. The van der Waals surface area contributed by atoms with Crippen molar-refractivity contribution in [2.45, 2.75) is 13.5 Å².